The van der Waals surface area contributed by atoms with Crippen LogP contribution in [0.2, 0.25) is 20.1 Å². The van der Waals surface area contributed by atoms with E-state index in [-0.39, 0.29) is 14.9 Å². The lowest BCUT2D eigenvalue weighted by molar-refractivity contribution is 0.584. The normalized spacial score (nSPS) is 11.8. The van der Waals surface area contributed by atoms with Gasteiger partial charge in [-0.2, -0.15) is 13.5 Å². The van der Waals surface area contributed by atoms with Gasteiger partial charge >= 0.3 is 0 Å². The third-order valence-corrected chi connectivity index (χ3v) is 5.19. The molecule has 0 aliphatic carbocycles. The number of benzene rings is 2. The van der Waals surface area contributed by atoms with Gasteiger partial charge in [-0.1, -0.05) is 52.5 Å². The zero-order valence-electron chi connectivity index (χ0n) is 10.7. The van der Waals surface area contributed by atoms with Crippen LogP contribution in [0.15, 0.2) is 46.4 Å². The van der Waals surface area contributed by atoms with E-state index < -0.39 is 10.0 Å². The number of nitrogens with one attached hydrogen (secondary N) is 1. The van der Waals surface area contributed by atoms with Crippen LogP contribution >= 0.6 is 46.4 Å². The standard InChI is InChI=1S/C13H8Cl4N2O2S/c14-10-2-1-3-11(15)9(10)7-18-19-22(20,21)8-4-5-12(16)13(17)6-8/h1-7,19H/b18-7+. The number of halogens is 4. The molecule has 2 aromatic rings. The zero-order chi connectivity index (χ0) is 16.3. The molecule has 0 spiro atoms. The highest BCUT2D eigenvalue weighted by molar-refractivity contribution is 7.89. The molecule has 0 radical (unpaired) electrons. The van der Waals surface area contributed by atoms with Crippen LogP contribution in [0.3, 0.4) is 0 Å². The molecule has 116 valence electrons. The van der Waals surface area contributed by atoms with Crippen molar-refractivity contribution in [3.05, 3.63) is 62.1 Å². The summed E-state index contributed by atoms with van der Waals surface area (Å²) in [6.45, 7) is 0. The lowest BCUT2D eigenvalue weighted by Crippen LogP contribution is -2.18. The maximum atomic E-state index is 12.1. The van der Waals surface area contributed by atoms with E-state index in [1.54, 1.807) is 18.2 Å². The predicted molar refractivity (Wildman–Crippen MR) is 90.8 cm³/mol. The van der Waals surface area contributed by atoms with Gasteiger partial charge in [0.2, 0.25) is 0 Å². The second kappa shape index (κ2) is 7.06. The number of hydrazone groups is 1. The van der Waals surface area contributed by atoms with Crippen LogP contribution in [-0.4, -0.2) is 14.6 Å². The molecule has 1 N–H and O–H groups in total. The minimum absolute atomic E-state index is 0.0655. The van der Waals surface area contributed by atoms with Gasteiger partial charge in [0.25, 0.3) is 10.0 Å². The topological polar surface area (TPSA) is 58.5 Å². The number of nitrogens with zero attached hydrogens (tertiary/aromatic N) is 1. The molecule has 0 amide bonds. The SMILES string of the molecule is O=S(=O)(N/N=C/c1c(Cl)cccc1Cl)c1ccc(Cl)c(Cl)c1. The lowest BCUT2D eigenvalue weighted by atomic mass is 10.2. The Morgan fingerprint density at radius 3 is 2.14 bits per heavy atom. The fourth-order valence-electron chi connectivity index (χ4n) is 1.49. The van der Waals surface area contributed by atoms with Crippen molar-refractivity contribution in [2.75, 3.05) is 0 Å². The van der Waals surface area contributed by atoms with Gasteiger partial charge in [-0.15, -0.1) is 0 Å². The summed E-state index contributed by atoms with van der Waals surface area (Å²) in [7, 11) is -3.87. The van der Waals surface area contributed by atoms with Gasteiger partial charge in [0, 0.05) is 5.56 Å². The molecule has 0 bridgehead atoms. The van der Waals surface area contributed by atoms with Crippen molar-refractivity contribution in [1.29, 1.82) is 0 Å². The molecule has 0 saturated heterocycles. The van der Waals surface area contributed by atoms with Crippen molar-refractivity contribution in [2.24, 2.45) is 5.10 Å². The Morgan fingerprint density at radius 1 is 0.909 bits per heavy atom. The third kappa shape index (κ3) is 4.06. The van der Waals surface area contributed by atoms with Gasteiger partial charge in [0.1, 0.15) is 0 Å². The van der Waals surface area contributed by atoms with E-state index in [1.165, 1.54) is 24.4 Å². The molecule has 0 saturated carbocycles. The van der Waals surface area contributed by atoms with Crippen LogP contribution in [-0.2, 0) is 10.0 Å². The Morgan fingerprint density at radius 2 is 1.55 bits per heavy atom. The molecule has 0 aliphatic rings. The van der Waals surface area contributed by atoms with E-state index in [4.69, 9.17) is 46.4 Å². The number of hydrogen-bond acceptors (Lipinski definition) is 3. The van der Waals surface area contributed by atoms with E-state index in [1.807, 2.05) is 4.83 Å². The van der Waals surface area contributed by atoms with Gasteiger partial charge in [-0.3, -0.25) is 0 Å². The highest BCUT2D eigenvalue weighted by Crippen LogP contribution is 2.25. The summed E-state index contributed by atoms with van der Waals surface area (Å²) in [6, 6.07) is 8.82. The monoisotopic (exact) mass is 396 g/mol. The van der Waals surface area contributed by atoms with Crippen LogP contribution in [0.25, 0.3) is 0 Å². The Kier molecular flexibility index (Phi) is 5.58. The van der Waals surface area contributed by atoms with Crippen LogP contribution in [0.5, 0.6) is 0 Å². The minimum atomic E-state index is -3.87. The van der Waals surface area contributed by atoms with Crippen molar-refractivity contribution < 1.29 is 8.42 Å². The summed E-state index contributed by atoms with van der Waals surface area (Å²) < 4.78 is 24.1. The average molecular weight is 398 g/mol. The minimum Gasteiger partial charge on any atom is -0.200 e. The van der Waals surface area contributed by atoms with Crippen molar-refractivity contribution in [2.45, 2.75) is 4.90 Å². The van der Waals surface area contributed by atoms with Crippen LogP contribution in [0.4, 0.5) is 0 Å². The summed E-state index contributed by atoms with van der Waals surface area (Å²) in [5.74, 6) is 0. The highest BCUT2D eigenvalue weighted by Gasteiger charge is 2.14. The maximum absolute atomic E-state index is 12.1. The summed E-state index contributed by atoms with van der Waals surface area (Å²) in [5, 5.41) is 4.74. The third-order valence-electron chi connectivity index (χ3n) is 2.57. The smallest absolute Gasteiger partial charge is 0.200 e. The van der Waals surface area contributed by atoms with Gasteiger partial charge in [0.05, 0.1) is 31.2 Å². The van der Waals surface area contributed by atoms with E-state index in [2.05, 4.69) is 5.10 Å². The Bertz CT molecular complexity index is 818. The van der Waals surface area contributed by atoms with E-state index in [0.717, 1.165) is 0 Å². The van der Waals surface area contributed by atoms with Crippen LogP contribution < -0.4 is 4.83 Å². The summed E-state index contributed by atoms with van der Waals surface area (Å²) in [5.41, 5.74) is 0.405. The largest absolute Gasteiger partial charge is 0.276 e. The van der Waals surface area contributed by atoms with Gasteiger partial charge < -0.3 is 0 Å². The second-order valence-electron chi connectivity index (χ2n) is 4.06. The lowest BCUT2D eigenvalue weighted by Gasteiger charge is -2.05. The van der Waals surface area contributed by atoms with Crippen molar-refractivity contribution in [1.82, 2.24) is 4.83 Å². The fourth-order valence-corrected chi connectivity index (χ4v) is 3.17. The maximum Gasteiger partial charge on any atom is 0.276 e. The molecule has 2 aromatic carbocycles. The Hall–Kier alpha value is -0.980. The molecule has 0 aliphatic heterocycles. The Balaban J connectivity index is 2.23. The first-order valence-electron chi connectivity index (χ1n) is 5.75. The fraction of sp³-hybridized carbons (Fsp3) is 0. The molecule has 0 heterocycles. The van der Waals surface area contributed by atoms with E-state index in [9.17, 15) is 8.42 Å². The van der Waals surface area contributed by atoms with Crippen molar-refractivity contribution >= 4 is 62.6 Å². The van der Waals surface area contributed by atoms with Gasteiger partial charge in [-0.05, 0) is 30.3 Å². The molecule has 22 heavy (non-hydrogen) atoms. The summed E-state index contributed by atoms with van der Waals surface area (Å²) in [6.07, 6.45) is 1.22. The average Bonchev–Trinajstić information content (AvgIpc) is 2.45. The quantitative estimate of drug-likeness (QED) is 0.604. The van der Waals surface area contributed by atoms with Crippen LogP contribution in [0.1, 0.15) is 5.56 Å². The highest BCUT2D eigenvalue weighted by atomic mass is 35.5. The number of hydrogen-bond donors (Lipinski definition) is 1. The van der Waals surface area contributed by atoms with Crippen molar-refractivity contribution in [3.63, 3.8) is 0 Å². The first kappa shape index (κ1) is 17.4. The molecule has 0 unspecified atom stereocenters. The number of sulfonamides is 1. The molecule has 2 rings (SSSR count). The molecular weight excluding hydrogens is 390 g/mol. The number of rotatable bonds is 4. The molecule has 0 atom stereocenters. The molecule has 0 fully saturated rings. The second-order valence-corrected chi connectivity index (χ2v) is 7.35. The first-order chi connectivity index (χ1) is 10.3. The summed E-state index contributed by atoms with van der Waals surface area (Å²) in [4.78, 5) is 1.98. The molecule has 9 heteroatoms. The molecular formula is C13H8Cl4N2O2S. The molecule has 4 nitrogen and oxygen atoms in total. The van der Waals surface area contributed by atoms with Gasteiger partial charge in [0.15, 0.2) is 0 Å². The van der Waals surface area contributed by atoms with E-state index in [0.29, 0.717) is 15.6 Å². The van der Waals surface area contributed by atoms with Gasteiger partial charge in [-0.25, -0.2) is 4.83 Å². The predicted octanol–water partition coefficient (Wildman–Crippen LogP) is 4.61. The van der Waals surface area contributed by atoms with Crippen molar-refractivity contribution in [3.8, 4) is 0 Å². The molecule has 0 aromatic heterocycles. The van der Waals surface area contributed by atoms with E-state index >= 15 is 0 Å². The zero-order valence-corrected chi connectivity index (χ0v) is 14.6. The summed E-state index contributed by atoms with van der Waals surface area (Å²) >= 11 is 23.4. The van der Waals surface area contributed by atoms with Crippen LogP contribution in [0, 0.1) is 0 Å². The Labute approximate surface area is 147 Å². The first-order valence-corrected chi connectivity index (χ1v) is 8.75.